The fourth-order valence-electron chi connectivity index (χ4n) is 4.34. The summed E-state index contributed by atoms with van der Waals surface area (Å²) in [4.78, 5) is 11.3. The molecule has 3 aliphatic rings. The summed E-state index contributed by atoms with van der Waals surface area (Å²) >= 11 is 0. The van der Waals surface area contributed by atoms with E-state index < -0.39 is 10.8 Å². The first-order chi connectivity index (χ1) is 14.6. The van der Waals surface area contributed by atoms with Gasteiger partial charge in [-0.05, 0) is 67.9 Å². The van der Waals surface area contributed by atoms with Gasteiger partial charge in [0.1, 0.15) is 5.82 Å². The van der Waals surface area contributed by atoms with Gasteiger partial charge >= 0.3 is 0 Å². The molecule has 1 aromatic heterocycles. The quantitative estimate of drug-likeness (QED) is 0.793. The highest BCUT2D eigenvalue weighted by Crippen LogP contribution is 2.52. The van der Waals surface area contributed by atoms with Gasteiger partial charge in [-0.1, -0.05) is 6.07 Å². The number of nitrogens with one attached hydrogen (secondary N) is 1. The van der Waals surface area contributed by atoms with Crippen molar-refractivity contribution in [2.45, 2.75) is 55.4 Å². The summed E-state index contributed by atoms with van der Waals surface area (Å²) in [6.07, 6.45) is 7.32. The van der Waals surface area contributed by atoms with Gasteiger partial charge in [0.2, 0.25) is 5.95 Å². The second kappa shape index (κ2) is 6.97. The highest BCUT2D eigenvalue weighted by molar-refractivity contribution is 5.63. The van der Waals surface area contributed by atoms with Gasteiger partial charge in [0, 0.05) is 31.0 Å². The summed E-state index contributed by atoms with van der Waals surface area (Å²) in [5, 5.41) is 22.8. The molecule has 3 N–H and O–H groups in total. The number of aromatic nitrogens is 2. The van der Waals surface area contributed by atoms with Crippen LogP contribution in [-0.4, -0.2) is 29.1 Å². The van der Waals surface area contributed by atoms with E-state index in [1.807, 2.05) is 18.2 Å². The topological polar surface area (TPSA) is 115 Å². The lowest BCUT2D eigenvalue weighted by atomic mass is 9.89. The number of rotatable bonds is 5. The summed E-state index contributed by atoms with van der Waals surface area (Å²) < 4.78 is 0. The molecule has 0 bridgehead atoms. The van der Waals surface area contributed by atoms with Crippen LogP contribution in [0.3, 0.4) is 0 Å². The Labute approximate surface area is 176 Å². The number of nitriles is 2. The van der Waals surface area contributed by atoms with Crippen LogP contribution < -0.4 is 16.0 Å². The minimum Gasteiger partial charge on any atom is -0.340 e. The maximum atomic E-state index is 9.69. The van der Waals surface area contributed by atoms with Crippen LogP contribution in [0.4, 0.5) is 17.5 Å². The predicted octanol–water partition coefficient (Wildman–Crippen LogP) is 3.26. The summed E-state index contributed by atoms with van der Waals surface area (Å²) in [6, 6.07) is 13.1. The van der Waals surface area contributed by atoms with Crippen molar-refractivity contribution in [1.82, 2.24) is 9.97 Å². The van der Waals surface area contributed by atoms with Crippen LogP contribution in [0.2, 0.25) is 0 Å². The normalized spacial score (nSPS) is 23.2. The van der Waals surface area contributed by atoms with Gasteiger partial charge in [-0.3, -0.25) is 0 Å². The molecule has 0 amide bonds. The standard InChI is InChI=1S/C23H25N7/c24-14-22(4-5-22)16-10-17(23(15-25)6-7-23)12-19(11-16)28-20-3-8-27-21(29-20)30-9-1-2-18(26)13-30/h3,8,10-12,18H,1-2,4-7,9,13,26H2,(H,27,28,29). The fraction of sp³-hybridized carbons (Fsp3) is 0.478. The Balaban J connectivity index is 1.46. The number of nitrogens with two attached hydrogens (primary N) is 1. The lowest BCUT2D eigenvalue weighted by Gasteiger charge is -2.30. The van der Waals surface area contributed by atoms with Crippen molar-refractivity contribution in [1.29, 1.82) is 10.5 Å². The average Bonchev–Trinajstić information content (AvgIpc) is 3.69. The molecule has 0 spiro atoms. The number of hydrogen-bond acceptors (Lipinski definition) is 7. The maximum absolute atomic E-state index is 9.69. The van der Waals surface area contributed by atoms with E-state index in [2.05, 4.69) is 33.4 Å². The number of benzene rings is 1. The Morgan fingerprint density at radius 3 is 2.30 bits per heavy atom. The third kappa shape index (κ3) is 3.36. The molecule has 1 atom stereocenters. The molecule has 152 valence electrons. The predicted molar refractivity (Wildman–Crippen MR) is 114 cm³/mol. The lowest BCUT2D eigenvalue weighted by molar-refractivity contribution is 0.500. The number of piperidine rings is 1. The van der Waals surface area contributed by atoms with Crippen molar-refractivity contribution in [2.24, 2.45) is 5.73 Å². The van der Waals surface area contributed by atoms with Crippen molar-refractivity contribution in [2.75, 3.05) is 23.3 Å². The van der Waals surface area contributed by atoms with Crippen LogP contribution in [0.15, 0.2) is 30.5 Å². The van der Waals surface area contributed by atoms with E-state index in [0.717, 1.165) is 68.4 Å². The van der Waals surface area contributed by atoms with Crippen LogP contribution in [0.1, 0.15) is 49.7 Å². The van der Waals surface area contributed by atoms with Crippen molar-refractivity contribution >= 4 is 17.5 Å². The zero-order valence-electron chi connectivity index (χ0n) is 16.9. The van der Waals surface area contributed by atoms with E-state index in [0.29, 0.717) is 11.8 Å². The first-order valence-electron chi connectivity index (χ1n) is 10.7. The van der Waals surface area contributed by atoms with Gasteiger partial charge in [-0.15, -0.1) is 0 Å². The van der Waals surface area contributed by atoms with Gasteiger partial charge in [0.25, 0.3) is 0 Å². The van der Waals surface area contributed by atoms with Crippen LogP contribution in [0.25, 0.3) is 0 Å². The molecule has 0 radical (unpaired) electrons. The van der Waals surface area contributed by atoms with E-state index in [1.165, 1.54) is 0 Å². The first kappa shape index (κ1) is 18.8. The van der Waals surface area contributed by atoms with Gasteiger partial charge < -0.3 is 16.0 Å². The zero-order valence-corrected chi connectivity index (χ0v) is 16.9. The lowest BCUT2D eigenvalue weighted by Crippen LogP contribution is -2.43. The van der Waals surface area contributed by atoms with Crippen molar-refractivity contribution in [3.63, 3.8) is 0 Å². The Kier molecular flexibility index (Phi) is 4.38. The van der Waals surface area contributed by atoms with Crippen LogP contribution in [0.5, 0.6) is 0 Å². The summed E-state index contributed by atoms with van der Waals surface area (Å²) in [5.41, 5.74) is 8.17. The second-order valence-electron chi connectivity index (χ2n) is 8.90. The van der Waals surface area contributed by atoms with Crippen molar-refractivity contribution in [3.8, 4) is 12.1 Å². The molecule has 3 fully saturated rings. The monoisotopic (exact) mass is 399 g/mol. The Morgan fingerprint density at radius 2 is 1.73 bits per heavy atom. The molecule has 2 heterocycles. The Hall–Kier alpha value is -3.16. The maximum Gasteiger partial charge on any atom is 0.227 e. The molecular formula is C23H25N7. The average molecular weight is 400 g/mol. The molecule has 30 heavy (non-hydrogen) atoms. The van der Waals surface area contributed by atoms with E-state index >= 15 is 0 Å². The van der Waals surface area contributed by atoms with E-state index in [1.54, 1.807) is 6.20 Å². The SMILES string of the molecule is N#CC1(c2cc(Nc3ccnc(N4CCCC(N)C4)n3)cc(C3(C#N)CC3)c2)CC1. The smallest absolute Gasteiger partial charge is 0.227 e. The van der Waals surface area contributed by atoms with E-state index in [-0.39, 0.29) is 6.04 Å². The molecule has 2 aliphatic carbocycles. The minimum atomic E-state index is -0.404. The fourth-order valence-corrected chi connectivity index (χ4v) is 4.34. The zero-order chi connectivity index (χ0) is 20.8. The van der Waals surface area contributed by atoms with Crippen LogP contribution >= 0.6 is 0 Å². The minimum absolute atomic E-state index is 0.152. The molecule has 1 aromatic carbocycles. The molecule has 5 rings (SSSR count). The number of nitrogens with zero attached hydrogens (tertiary/aromatic N) is 5. The molecule has 2 aromatic rings. The Bertz CT molecular complexity index is 1010. The van der Waals surface area contributed by atoms with E-state index in [9.17, 15) is 10.5 Å². The molecule has 7 heteroatoms. The Morgan fingerprint density at radius 1 is 1.07 bits per heavy atom. The highest BCUT2D eigenvalue weighted by atomic mass is 15.3. The summed E-state index contributed by atoms with van der Waals surface area (Å²) in [5.74, 6) is 1.38. The molecular weight excluding hydrogens is 374 g/mol. The molecule has 1 saturated heterocycles. The largest absolute Gasteiger partial charge is 0.340 e. The van der Waals surface area contributed by atoms with Gasteiger partial charge in [0.15, 0.2) is 0 Å². The number of hydrogen-bond donors (Lipinski definition) is 2. The van der Waals surface area contributed by atoms with Gasteiger partial charge in [-0.2, -0.15) is 15.5 Å². The summed E-state index contributed by atoms with van der Waals surface area (Å²) in [7, 11) is 0. The highest BCUT2D eigenvalue weighted by Gasteiger charge is 2.48. The van der Waals surface area contributed by atoms with E-state index in [4.69, 9.17) is 10.7 Å². The van der Waals surface area contributed by atoms with Gasteiger partial charge in [-0.25, -0.2) is 4.98 Å². The van der Waals surface area contributed by atoms with Crippen molar-refractivity contribution < 1.29 is 0 Å². The first-order valence-corrected chi connectivity index (χ1v) is 10.7. The van der Waals surface area contributed by atoms with Crippen LogP contribution in [-0.2, 0) is 10.8 Å². The third-order valence-corrected chi connectivity index (χ3v) is 6.62. The van der Waals surface area contributed by atoms with Crippen molar-refractivity contribution in [3.05, 3.63) is 41.6 Å². The van der Waals surface area contributed by atoms with Crippen LogP contribution in [0, 0.1) is 22.7 Å². The molecule has 1 aliphatic heterocycles. The molecule has 2 saturated carbocycles. The molecule has 1 unspecified atom stereocenters. The van der Waals surface area contributed by atoms with Gasteiger partial charge in [0.05, 0.1) is 23.0 Å². The molecule has 7 nitrogen and oxygen atoms in total. The second-order valence-corrected chi connectivity index (χ2v) is 8.90. The number of anilines is 3. The third-order valence-electron chi connectivity index (χ3n) is 6.62. The summed E-state index contributed by atoms with van der Waals surface area (Å²) in [6.45, 7) is 1.67.